The molecule has 104 valence electrons. The lowest BCUT2D eigenvalue weighted by Gasteiger charge is -1.96. The molecule has 2 aromatic heterocycles. The Kier molecular flexibility index (Phi) is 3.78. The Morgan fingerprint density at radius 3 is 3.00 bits per heavy atom. The molecule has 0 radical (unpaired) electrons. The van der Waals surface area contributed by atoms with Gasteiger partial charge in [0, 0.05) is 20.8 Å². The first-order chi connectivity index (χ1) is 10.2. The van der Waals surface area contributed by atoms with Gasteiger partial charge in [-0.2, -0.15) is 5.26 Å². The quantitative estimate of drug-likeness (QED) is 0.702. The molecule has 4 nitrogen and oxygen atoms in total. The minimum absolute atomic E-state index is 0.500. The van der Waals surface area contributed by atoms with Crippen molar-refractivity contribution in [2.75, 3.05) is 7.11 Å². The summed E-state index contributed by atoms with van der Waals surface area (Å²) in [7, 11) is 1.62. The standard InChI is InChI=1S/C15H10BrN3OS/c1-20-11-2-3-13-14(6-11)19-15(18-13)9(7-17)4-12-5-10(16)8-21-12/h2-6,8H,1H3,(H,18,19). The fourth-order valence-electron chi connectivity index (χ4n) is 1.94. The normalized spacial score (nSPS) is 11.6. The van der Waals surface area contributed by atoms with Gasteiger partial charge in [-0.1, -0.05) is 0 Å². The van der Waals surface area contributed by atoms with E-state index >= 15 is 0 Å². The molecule has 0 aliphatic rings. The number of nitrogens with one attached hydrogen (secondary N) is 1. The van der Waals surface area contributed by atoms with Crippen LogP contribution in [-0.2, 0) is 0 Å². The van der Waals surface area contributed by atoms with Crippen LogP contribution in [0.1, 0.15) is 10.7 Å². The second-order valence-corrected chi connectivity index (χ2v) is 6.16. The van der Waals surface area contributed by atoms with E-state index in [1.807, 2.05) is 35.7 Å². The van der Waals surface area contributed by atoms with Gasteiger partial charge in [-0.15, -0.1) is 11.3 Å². The highest BCUT2D eigenvalue weighted by molar-refractivity contribution is 9.10. The number of halogens is 1. The SMILES string of the molecule is COc1ccc2nc(C(C#N)=Cc3cc(Br)cs3)[nH]c2c1. The molecular formula is C15H10BrN3OS. The van der Waals surface area contributed by atoms with E-state index in [1.54, 1.807) is 18.4 Å². The molecule has 1 N–H and O–H groups in total. The first-order valence-corrected chi connectivity index (χ1v) is 7.77. The molecule has 0 bridgehead atoms. The van der Waals surface area contributed by atoms with E-state index in [-0.39, 0.29) is 0 Å². The van der Waals surface area contributed by atoms with Gasteiger partial charge < -0.3 is 9.72 Å². The van der Waals surface area contributed by atoms with Crippen LogP contribution in [0.3, 0.4) is 0 Å². The summed E-state index contributed by atoms with van der Waals surface area (Å²) < 4.78 is 6.19. The van der Waals surface area contributed by atoms with Gasteiger partial charge in [0.25, 0.3) is 0 Å². The van der Waals surface area contributed by atoms with Gasteiger partial charge in [0.2, 0.25) is 0 Å². The molecule has 0 unspecified atom stereocenters. The van der Waals surface area contributed by atoms with Gasteiger partial charge in [0.1, 0.15) is 17.6 Å². The van der Waals surface area contributed by atoms with Gasteiger partial charge in [-0.05, 0) is 40.2 Å². The molecule has 0 amide bonds. The minimum Gasteiger partial charge on any atom is -0.497 e. The van der Waals surface area contributed by atoms with Crippen molar-refractivity contribution >= 4 is 49.9 Å². The monoisotopic (exact) mass is 359 g/mol. The van der Waals surface area contributed by atoms with Crippen LogP contribution >= 0.6 is 27.3 Å². The number of hydrogen-bond donors (Lipinski definition) is 1. The molecule has 0 aliphatic heterocycles. The number of imidazole rings is 1. The van der Waals surface area contributed by atoms with Crippen LogP contribution in [0.4, 0.5) is 0 Å². The van der Waals surface area contributed by atoms with Crippen molar-refractivity contribution in [3.05, 3.63) is 44.8 Å². The summed E-state index contributed by atoms with van der Waals surface area (Å²) in [6.45, 7) is 0. The van der Waals surface area contributed by atoms with Crippen molar-refractivity contribution in [3.63, 3.8) is 0 Å². The third kappa shape index (κ3) is 2.84. The Hall–Kier alpha value is -2.10. The molecule has 1 aromatic carbocycles. The number of nitriles is 1. The third-order valence-electron chi connectivity index (χ3n) is 2.94. The van der Waals surface area contributed by atoms with Crippen molar-refractivity contribution < 1.29 is 4.74 Å². The third-order valence-corrected chi connectivity index (χ3v) is 4.58. The largest absolute Gasteiger partial charge is 0.497 e. The van der Waals surface area contributed by atoms with Crippen LogP contribution in [-0.4, -0.2) is 17.1 Å². The topological polar surface area (TPSA) is 61.7 Å². The molecule has 0 fully saturated rings. The zero-order chi connectivity index (χ0) is 14.8. The smallest absolute Gasteiger partial charge is 0.149 e. The average molecular weight is 360 g/mol. The Bertz CT molecular complexity index is 873. The van der Waals surface area contributed by atoms with Gasteiger partial charge in [0.15, 0.2) is 0 Å². The highest BCUT2D eigenvalue weighted by atomic mass is 79.9. The number of rotatable bonds is 3. The van der Waals surface area contributed by atoms with Gasteiger partial charge in [0.05, 0.1) is 23.7 Å². The molecule has 0 saturated heterocycles. The Labute approximate surface area is 133 Å². The molecule has 0 atom stereocenters. The summed E-state index contributed by atoms with van der Waals surface area (Å²) in [6.07, 6.45) is 1.82. The zero-order valence-corrected chi connectivity index (χ0v) is 13.5. The predicted molar refractivity (Wildman–Crippen MR) is 88.1 cm³/mol. The maximum Gasteiger partial charge on any atom is 0.149 e. The van der Waals surface area contributed by atoms with E-state index in [0.29, 0.717) is 11.4 Å². The highest BCUT2D eigenvalue weighted by Gasteiger charge is 2.09. The first-order valence-electron chi connectivity index (χ1n) is 6.09. The van der Waals surface area contributed by atoms with E-state index in [2.05, 4.69) is 32.0 Å². The van der Waals surface area contributed by atoms with Crippen LogP contribution in [0, 0.1) is 11.3 Å². The van der Waals surface area contributed by atoms with Gasteiger partial charge in [-0.25, -0.2) is 4.98 Å². The lowest BCUT2D eigenvalue weighted by atomic mass is 10.2. The highest BCUT2D eigenvalue weighted by Crippen LogP contribution is 2.26. The van der Waals surface area contributed by atoms with E-state index < -0.39 is 0 Å². The zero-order valence-electron chi connectivity index (χ0n) is 11.1. The van der Waals surface area contributed by atoms with E-state index in [9.17, 15) is 5.26 Å². The maximum absolute atomic E-state index is 9.36. The second kappa shape index (κ2) is 5.72. The summed E-state index contributed by atoms with van der Waals surface area (Å²) >= 11 is 4.97. The number of H-pyrrole nitrogens is 1. The number of fused-ring (bicyclic) bond motifs is 1. The maximum atomic E-state index is 9.36. The molecule has 0 saturated carbocycles. The molecular weight excluding hydrogens is 350 g/mol. The van der Waals surface area contributed by atoms with Gasteiger partial charge in [-0.3, -0.25) is 0 Å². The number of aromatic amines is 1. The van der Waals surface area contributed by atoms with Crippen molar-refractivity contribution in [1.82, 2.24) is 9.97 Å². The van der Waals surface area contributed by atoms with Gasteiger partial charge >= 0.3 is 0 Å². The molecule has 3 rings (SSSR count). The molecule has 0 aliphatic carbocycles. The molecule has 3 aromatic rings. The van der Waals surface area contributed by atoms with Crippen LogP contribution in [0.25, 0.3) is 22.7 Å². The number of aromatic nitrogens is 2. The number of benzene rings is 1. The second-order valence-electron chi connectivity index (χ2n) is 4.31. The first kappa shape index (κ1) is 13.9. The van der Waals surface area contributed by atoms with Crippen molar-refractivity contribution in [1.29, 1.82) is 5.26 Å². The van der Waals surface area contributed by atoms with Crippen LogP contribution < -0.4 is 4.74 Å². The predicted octanol–water partition coefficient (Wildman–Crippen LogP) is 4.46. The lowest BCUT2D eigenvalue weighted by Crippen LogP contribution is -1.83. The number of methoxy groups -OCH3 is 1. The van der Waals surface area contributed by atoms with Crippen LogP contribution in [0.15, 0.2) is 34.1 Å². The van der Waals surface area contributed by atoms with E-state index in [0.717, 1.165) is 26.1 Å². The van der Waals surface area contributed by atoms with Crippen molar-refractivity contribution in [2.45, 2.75) is 0 Å². The Morgan fingerprint density at radius 2 is 2.33 bits per heavy atom. The molecule has 2 heterocycles. The number of thiophene rings is 1. The van der Waals surface area contributed by atoms with Crippen molar-refractivity contribution in [3.8, 4) is 11.8 Å². The van der Waals surface area contributed by atoms with Crippen molar-refractivity contribution in [2.24, 2.45) is 0 Å². The Balaban J connectivity index is 2.05. The van der Waals surface area contributed by atoms with Crippen LogP contribution in [0.5, 0.6) is 5.75 Å². The van der Waals surface area contributed by atoms with E-state index in [4.69, 9.17) is 4.74 Å². The number of allylic oxidation sites excluding steroid dienone is 1. The molecule has 6 heteroatoms. The summed E-state index contributed by atoms with van der Waals surface area (Å²) in [6, 6.07) is 9.74. The summed E-state index contributed by atoms with van der Waals surface area (Å²) in [4.78, 5) is 8.61. The average Bonchev–Trinajstić information content (AvgIpc) is 3.09. The Morgan fingerprint density at radius 1 is 1.48 bits per heavy atom. The fraction of sp³-hybridized carbons (Fsp3) is 0.0667. The fourth-order valence-corrected chi connectivity index (χ4v) is 3.32. The molecule has 21 heavy (non-hydrogen) atoms. The number of ether oxygens (including phenoxy) is 1. The number of nitrogens with zero attached hydrogens (tertiary/aromatic N) is 2. The number of hydrogen-bond acceptors (Lipinski definition) is 4. The summed E-state index contributed by atoms with van der Waals surface area (Å²) in [5, 5.41) is 11.3. The van der Waals surface area contributed by atoms with Crippen LogP contribution in [0.2, 0.25) is 0 Å². The lowest BCUT2D eigenvalue weighted by molar-refractivity contribution is 0.415. The molecule has 0 spiro atoms. The minimum atomic E-state index is 0.500. The summed E-state index contributed by atoms with van der Waals surface area (Å²) in [5.74, 6) is 1.31. The summed E-state index contributed by atoms with van der Waals surface area (Å²) in [5.41, 5.74) is 2.15. The van der Waals surface area contributed by atoms with E-state index in [1.165, 1.54) is 0 Å².